The van der Waals surface area contributed by atoms with E-state index in [0.717, 1.165) is 17.7 Å². The Balaban J connectivity index is 1.86. The number of amides is 2. The van der Waals surface area contributed by atoms with E-state index in [0.29, 0.717) is 27.7 Å². The first kappa shape index (κ1) is 20.6. The summed E-state index contributed by atoms with van der Waals surface area (Å²) in [6.07, 6.45) is 0.753. The van der Waals surface area contributed by atoms with E-state index in [2.05, 4.69) is 24.5 Å². The molecule has 150 valence electrons. The Morgan fingerprint density at radius 3 is 2.28 bits per heavy atom. The molecule has 0 unspecified atom stereocenters. The number of methoxy groups -OCH3 is 1. The van der Waals surface area contributed by atoms with E-state index in [1.165, 1.54) is 11.3 Å². The van der Waals surface area contributed by atoms with Crippen molar-refractivity contribution in [3.63, 3.8) is 0 Å². The van der Waals surface area contributed by atoms with E-state index in [1.54, 1.807) is 43.5 Å². The van der Waals surface area contributed by atoms with Crippen molar-refractivity contribution in [2.45, 2.75) is 20.3 Å². The second-order valence-electron chi connectivity index (χ2n) is 7.07. The highest BCUT2D eigenvalue weighted by Gasteiger charge is 2.22. The standard InChI is InChI=1S/C23H24N2O3S/c1-15(2)13-17-14-29-23(25-21(26)16-7-5-4-6-8-16)20(17)22(27)24-18-9-11-19(28-3)12-10-18/h4-12,14-15H,13H2,1-3H3,(H,24,27)(H,25,26). The summed E-state index contributed by atoms with van der Waals surface area (Å²) < 4.78 is 5.16. The summed E-state index contributed by atoms with van der Waals surface area (Å²) in [7, 11) is 1.60. The molecule has 0 saturated heterocycles. The average molecular weight is 409 g/mol. The monoisotopic (exact) mass is 408 g/mol. The second kappa shape index (κ2) is 9.39. The van der Waals surface area contributed by atoms with Crippen LogP contribution >= 0.6 is 11.3 Å². The van der Waals surface area contributed by atoms with Gasteiger partial charge in [0, 0.05) is 11.3 Å². The zero-order valence-corrected chi connectivity index (χ0v) is 17.5. The van der Waals surface area contributed by atoms with Gasteiger partial charge in [0.05, 0.1) is 12.7 Å². The van der Waals surface area contributed by atoms with Crippen molar-refractivity contribution >= 4 is 33.8 Å². The third-order valence-electron chi connectivity index (χ3n) is 4.33. The molecule has 2 aromatic carbocycles. The Hall–Kier alpha value is -3.12. The van der Waals surface area contributed by atoms with Crippen molar-refractivity contribution in [2.24, 2.45) is 5.92 Å². The van der Waals surface area contributed by atoms with Gasteiger partial charge in [-0.25, -0.2) is 0 Å². The first-order valence-corrected chi connectivity index (χ1v) is 10.3. The fourth-order valence-corrected chi connectivity index (χ4v) is 3.92. The molecule has 2 N–H and O–H groups in total. The SMILES string of the molecule is COc1ccc(NC(=O)c2c(CC(C)C)csc2NC(=O)c2ccccc2)cc1. The van der Waals surface area contributed by atoms with E-state index in [4.69, 9.17) is 4.74 Å². The van der Waals surface area contributed by atoms with E-state index in [-0.39, 0.29) is 11.8 Å². The van der Waals surface area contributed by atoms with Crippen LogP contribution in [0.5, 0.6) is 5.75 Å². The normalized spacial score (nSPS) is 10.6. The fourth-order valence-electron chi connectivity index (χ4n) is 2.96. The highest BCUT2D eigenvalue weighted by Crippen LogP contribution is 2.31. The van der Waals surface area contributed by atoms with Gasteiger partial charge in [0.15, 0.2) is 0 Å². The molecule has 1 heterocycles. The van der Waals surface area contributed by atoms with E-state index in [1.807, 2.05) is 23.6 Å². The van der Waals surface area contributed by atoms with Gasteiger partial charge in [0.25, 0.3) is 11.8 Å². The topological polar surface area (TPSA) is 67.4 Å². The Morgan fingerprint density at radius 1 is 0.966 bits per heavy atom. The Bertz CT molecular complexity index is 979. The maximum atomic E-state index is 13.1. The van der Waals surface area contributed by atoms with Crippen LogP contribution in [-0.2, 0) is 6.42 Å². The third kappa shape index (κ3) is 5.23. The molecule has 0 spiro atoms. The molecule has 1 aromatic heterocycles. The molecular weight excluding hydrogens is 384 g/mol. The minimum Gasteiger partial charge on any atom is -0.497 e. The van der Waals surface area contributed by atoms with Crippen LogP contribution in [0.3, 0.4) is 0 Å². The smallest absolute Gasteiger partial charge is 0.258 e. The van der Waals surface area contributed by atoms with Gasteiger partial charge in [-0.1, -0.05) is 32.0 Å². The molecule has 0 aliphatic carbocycles. The number of carbonyl (C=O) groups excluding carboxylic acids is 2. The molecule has 0 aliphatic rings. The minimum atomic E-state index is -0.240. The average Bonchev–Trinajstić information content (AvgIpc) is 3.10. The van der Waals surface area contributed by atoms with Crippen LogP contribution in [0.2, 0.25) is 0 Å². The summed E-state index contributed by atoms with van der Waals surface area (Å²) in [6.45, 7) is 4.20. The number of benzene rings is 2. The van der Waals surface area contributed by atoms with Crippen molar-refractivity contribution in [3.8, 4) is 5.75 Å². The van der Waals surface area contributed by atoms with Crippen molar-refractivity contribution in [3.05, 3.63) is 76.7 Å². The van der Waals surface area contributed by atoms with Gasteiger partial charge in [0.2, 0.25) is 0 Å². The van der Waals surface area contributed by atoms with E-state index in [9.17, 15) is 9.59 Å². The highest BCUT2D eigenvalue weighted by molar-refractivity contribution is 7.15. The predicted octanol–water partition coefficient (Wildman–Crippen LogP) is 5.46. The molecule has 0 bridgehead atoms. The van der Waals surface area contributed by atoms with Crippen LogP contribution in [0.1, 0.15) is 40.1 Å². The number of anilines is 2. The molecule has 0 fully saturated rings. The molecular formula is C23H24N2O3S. The Labute approximate surface area is 174 Å². The number of nitrogens with one attached hydrogen (secondary N) is 2. The van der Waals surface area contributed by atoms with Gasteiger partial charge in [-0.3, -0.25) is 9.59 Å². The summed E-state index contributed by atoms with van der Waals surface area (Å²) >= 11 is 1.37. The third-order valence-corrected chi connectivity index (χ3v) is 5.28. The fraction of sp³-hybridized carbons (Fsp3) is 0.217. The number of carbonyl (C=O) groups is 2. The molecule has 0 saturated carbocycles. The highest BCUT2D eigenvalue weighted by atomic mass is 32.1. The van der Waals surface area contributed by atoms with Gasteiger partial charge in [-0.15, -0.1) is 11.3 Å². The van der Waals surface area contributed by atoms with E-state index < -0.39 is 0 Å². The lowest BCUT2D eigenvalue weighted by Gasteiger charge is -2.12. The van der Waals surface area contributed by atoms with Gasteiger partial charge < -0.3 is 15.4 Å². The van der Waals surface area contributed by atoms with Crippen LogP contribution in [-0.4, -0.2) is 18.9 Å². The number of ether oxygens (including phenoxy) is 1. The quantitative estimate of drug-likeness (QED) is 0.545. The zero-order chi connectivity index (χ0) is 20.8. The van der Waals surface area contributed by atoms with Gasteiger partial charge in [0.1, 0.15) is 10.8 Å². The molecule has 3 rings (SSSR count). The Morgan fingerprint density at radius 2 is 1.66 bits per heavy atom. The summed E-state index contributed by atoms with van der Waals surface area (Å²) in [5, 5.41) is 8.33. The first-order chi connectivity index (χ1) is 14.0. The summed E-state index contributed by atoms with van der Waals surface area (Å²) in [6, 6.07) is 16.1. The van der Waals surface area contributed by atoms with Gasteiger partial charge in [-0.05, 0) is 59.7 Å². The second-order valence-corrected chi connectivity index (χ2v) is 7.95. The van der Waals surface area contributed by atoms with Crippen molar-refractivity contribution < 1.29 is 14.3 Å². The number of rotatable bonds is 7. The number of thiophene rings is 1. The predicted molar refractivity (Wildman–Crippen MR) is 118 cm³/mol. The molecule has 29 heavy (non-hydrogen) atoms. The lowest BCUT2D eigenvalue weighted by atomic mass is 10.0. The lowest BCUT2D eigenvalue weighted by Crippen LogP contribution is -2.18. The number of hydrogen-bond donors (Lipinski definition) is 2. The first-order valence-electron chi connectivity index (χ1n) is 9.40. The molecule has 3 aromatic rings. The molecule has 2 amide bonds. The van der Waals surface area contributed by atoms with Crippen LogP contribution < -0.4 is 15.4 Å². The zero-order valence-electron chi connectivity index (χ0n) is 16.7. The molecule has 0 atom stereocenters. The van der Waals surface area contributed by atoms with Gasteiger partial charge >= 0.3 is 0 Å². The molecule has 0 radical (unpaired) electrons. The maximum Gasteiger partial charge on any atom is 0.258 e. The largest absolute Gasteiger partial charge is 0.497 e. The lowest BCUT2D eigenvalue weighted by molar-refractivity contribution is 0.102. The molecule has 0 aliphatic heterocycles. The maximum absolute atomic E-state index is 13.1. The van der Waals surface area contributed by atoms with Crippen molar-refractivity contribution in [1.29, 1.82) is 0 Å². The van der Waals surface area contributed by atoms with Gasteiger partial charge in [-0.2, -0.15) is 0 Å². The van der Waals surface area contributed by atoms with E-state index >= 15 is 0 Å². The summed E-state index contributed by atoms with van der Waals surface area (Å²) in [5.74, 6) is 0.627. The minimum absolute atomic E-state index is 0.234. The molecule has 6 heteroatoms. The van der Waals surface area contributed by atoms with Crippen LogP contribution in [0.4, 0.5) is 10.7 Å². The Kier molecular flexibility index (Phi) is 6.67. The van der Waals surface area contributed by atoms with Crippen LogP contribution in [0, 0.1) is 5.92 Å². The van der Waals surface area contributed by atoms with Crippen molar-refractivity contribution in [2.75, 3.05) is 17.7 Å². The summed E-state index contributed by atoms with van der Waals surface area (Å²) in [4.78, 5) is 25.7. The van der Waals surface area contributed by atoms with Crippen molar-refractivity contribution in [1.82, 2.24) is 0 Å². The van der Waals surface area contributed by atoms with Crippen LogP contribution in [0.15, 0.2) is 60.0 Å². The number of hydrogen-bond acceptors (Lipinski definition) is 4. The molecule has 5 nitrogen and oxygen atoms in total. The summed E-state index contributed by atoms with van der Waals surface area (Å²) in [5.41, 5.74) is 2.66. The van der Waals surface area contributed by atoms with Crippen LogP contribution in [0.25, 0.3) is 0 Å².